The van der Waals surface area contributed by atoms with E-state index in [1.165, 1.54) is 54.5 Å². The van der Waals surface area contributed by atoms with Crippen LogP contribution in [-0.2, 0) is 0 Å². The van der Waals surface area contributed by atoms with E-state index in [4.69, 9.17) is 9.97 Å². The molecule has 8 heteroatoms. The summed E-state index contributed by atoms with van der Waals surface area (Å²) in [4.78, 5) is 19.0. The van der Waals surface area contributed by atoms with Gasteiger partial charge < -0.3 is 14.4 Å². The van der Waals surface area contributed by atoms with Crippen LogP contribution in [0.4, 0.5) is 34.3 Å². The highest BCUT2D eigenvalue weighted by molar-refractivity contribution is 6.80. The van der Waals surface area contributed by atoms with Gasteiger partial charge in [0.25, 0.3) is 0 Å². The van der Waals surface area contributed by atoms with E-state index in [2.05, 4.69) is 193 Å². The molecule has 0 amide bonds. The van der Waals surface area contributed by atoms with Gasteiger partial charge in [0.1, 0.15) is 5.69 Å². The molecule has 0 unspecified atom stereocenters. The van der Waals surface area contributed by atoms with Gasteiger partial charge in [0.2, 0.25) is 5.95 Å². The maximum Gasteiger partial charge on any atom is 0.520 e. The summed E-state index contributed by atoms with van der Waals surface area (Å²) >= 11 is 0. The highest BCUT2D eigenvalue weighted by atomic mass is 15.5. The first-order chi connectivity index (χ1) is 27.8. The average molecular weight is 714 g/mol. The molecule has 0 radical (unpaired) electrons. The Morgan fingerprint density at radius 3 is 1.21 bits per heavy atom. The van der Waals surface area contributed by atoms with Gasteiger partial charge in [-0.1, -0.05) is 121 Å². The van der Waals surface area contributed by atoms with Gasteiger partial charge in [0.05, 0.1) is 22.1 Å². The fourth-order valence-corrected chi connectivity index (χ4v) is 10.2. The molecule has 0 spiro atoms. The lowest BCUT2D eigenvalue weighted by molar-refractivity contribution is 0.951. The molecule has 0 saturated heterocycles. The minimum absolute atomic E-state index is 0.263. The third-order valence-electron chi connectivity index (χ3n) is 12.3. The van der Waals surface area contributed by atoms with Crippen molar-refractivity contribution in [3.05, 3.63) is 170 Å². The Hall–Kier alpha value is -7.58. The molecular formula is C48H28BN7. The third-order valence-corrected chi connectivity index (χ3v) is 12.3. The zero-order chi connectivity index (χ0) is 36.2. The molecule has 56 heavy (non-hydrogen) atoms. The first-order valence-electron chi connectivity index (χ1n) is 19.1. The van der Waals surface area contributed by atoms with Gasteiger partial charge in [-0.25, -0.2) is 0 Å². The van der Waals surface area contributed by atoms with E-state index >= 15 is 0 Å². The lowest BCUT2D eigenvalue weighted by Crippen LogP contribution is -2.59. The Bertz CT molecular complexity index is 3430. The largest absolute Gasteiger partial charge is 0.520 e. The van der Waals surface area contributed by atoms with Crippen molar-refractivity contribution >= 4 is 107 Å². The molecular weight excluding hydrogens is 685 g/mol. The number of para-hydroxylation sites is 4. The Labute approximate surface area is 320 Å². The van der Waals surface area contributed by atoms with Gasteiger partial charge in [-0.2, -0.15) is 9.97 Å². The summed E-state index contributed by atoms with van der Waals surface area (Å²) in [6, 6.07) is 61.4. The lowest BCUT2D eigenvalue weighted by Gasteiger charge is -2.46. The third kappa shape index (κ3) is 3.38. The van der Waals surface area contributed by atoms with Gasteiger partial charge in [0, 0.05) is 55.1 Å². The van der Waals surface area contributed by atoms with Gasteiger partial charge in [-0.15, -0.1) is 0 Å². The van der Waals surface area contributed by atoms with Crippen LogP contribution < -0.4 is 14.4 Å². The number of hydrogen-bond donors (Lipinski definition) is 0. The molecule has 8 aromatic carbocycles. The van der Waals surface area contributed by atoms with E-state index in [-0.39, 0.29) is 7.12 Å². The quantitative estimate of drug-likeness (QED) is 0.167. The Kier molecular flexibility index (Phi) is 5.22. The van der Waals surface area contributed by atoms with Crippen LogP contribution in [0.1, 0.15) is 0 Å². The molecule has 6 heterocycles. The Balaban J connectivity index is 1.21. The molecule has 3 aliphatic heterocycles. The predicted octanol–water partition coefficient (Wildman–Crippen LogP) is 11.7. The number of nitrogens with zero attached hydrogens (tertiary/aromatic N) is 7. The lowest BCUT2D eigenvalue weighted by atomic mass is 9.75. The maximum absolute atomic E-state index is 5.78. The molecule has 3 aromatic heterocycles. The van der Waals surface area contributed by atoms with Crippen molar-refractivity contribution in [2.45, 2.75) is 0 Å². The molecule has 11 aromatic rings. The van der Waals surface area contributed by atoms with Gasteiger partial charge in [-0.3, -0.25) is 9.13 Å². The predicted molar refractivity (Wildman–Crippen MR) is 231 cm³/mol. The normalized spacial score (nSPS) is 13.9. The van der Waals surface area contributed by atoms with E-state index in [1.54, 1.807) is 0 Å². The van der Waals surface area contributed by atoms with Crippen LogP contribution >= 0.6 is 0 Å². The monoisotopic (exact) mass is 713 g/mol. The van der Waals surface area contributed by atoms with Crippen LogP contribution in [0.15, 0.2) is 170 Å². The second-order valence-electron chi connectivity index (χ2n) is 15.0. The summed E-state index contributed by atoms with van der Waals surface area (Å²) in [5.41, 5.74) is 9.98. The molecule has 0 N–H and O–H groups in total. The molecule has 0 saturated carbocycles. The number of benzene rings is 8. The molecule has 258 valence electrons. The SMILES string of the molecule is c1cc2c3c(cccc3c1)N1B3N2c2nc(-n4c5ccccc5c5ccccc54)nc(-n4c5ccccc5c5ccccc54)c2N3c2cccc3cccc1c23. The van der Waals surface area contributed by atoms with E-state index in [1.807, 2.05) is 0 Å². The summed E-state index contributed by atoms with van der Waals surface area (Å²) in [7, 11) is -0.263. The van der Waals surface area contributed by atoms with Gasteiger partial charge >= 0.3 is 7.12 Å². The Morgan fingerprint density at radius 1 is 0.339 bits per heavy atom. The molecule has 0 atom stereocenters. The molecule has 14 rings (SSSR count). The zero-order valence-corrected chi connectivity index (χ0v) is 29.9. The van der Waals surface area contributed by atoms with Crippen molar-refractivity contribution in [3.8, 4) is 11.8 Å². The van der Waals surface area contributed by atoms with Crippen molar-refractivity contribution in [2.75, 3.05) is 14.4 Å². The minimum Gasteiger partial charge on any atom is -0.344 e. The van der Waals surface area contributed by atoms with Gasteiger partial charge in [-0.05, 0) is 59.3 Å². The fraction of sp³-hybridized carbons (Fsp3) is 0. The average Bonchev–Trinajstić information content (AvgIpc) is 3.90. The standard InChI is InChI=1S/C48H28BN7/c1-5-21-35-31(17-1)32-18-2-6-22-36(32)52(35)46-45-47(51-48(50-46)53-37-23-7-3-19-33(37)34-20-4-8-24-38(34)53)56-42-28-12-16-30-14-10-26-40(44(30)42)54-39-25-9-13-29-15-11-27-41(43(29)39)55(45)49(54)56/h1-28H. The van der Waals surface area contributed by atoms with Crippen molar-refractivity contribution in [1.29, 1.82) is 0 Å². The molecule has 0 bridgehead atoms. The van der Waals surface area contributed by atoms with Crippen LogP contribution in [0.2, 0.25) is 0 Å². The fourth-order valence-electron chi connectivity index (χ4n) is 10.2. The summed E-state index contributed by atoms with van der Waals surface area (Å²) in [6.07, 6.45) is 0. The number of fused-ring (bicyclic) bond motifs is 13. The summed E-state index contributed by atoms with van der Waals surface area (Å²) in [5.74, 6) is 2.34. The first kappa shape index (κ1) is 28.9. The summed E-state index contributed by atoms with van der Waals surface area (Å²) in [6.45, 7) is 0. The summed E-state index contributed by atoms with van der Waals surface area (Å²) < 4.78 is 4.63. The van der Waals surface area contributed by atoms with Crippen LogP contribution in [0, 0.1) is 0 Å². The van der Waals surface area contributed by atoms with Gasteiger partial charge in [0.15, 0.2) is 11.6 Å². The van der Waals surface area contributed by atoms with Crippen LogP contribution in [0.25, 0.3) is 76.9 Å². The summed E-state index contributed by atoms with van der Waals surface area (Å²) in [5, 5.41) is 9.56. The van der Waals surface area contributed by atoms with E-state index in [9.17, 15) is 0 Å². The Morgan fingerprint density at radius 2 is 0.732 bits per heavy atom. The van der Waals surface area contributed by atoms with E-state index in [0.29, 0.717) is 5.95 Å². The van der Waals surface area contributed by atoms with Crippen molar-refractivity contribution < 1.29 is 0 Å². The van der Waals surface area contributed by atoms with Crippen LogP contribution in [-0.4, -0.2) is 26.2 Å². The number of rotatable bonds is 2. The molecule has 0 aliphatic carbocycles. The van der Waals surface area contributed by atoms with Crippen LogP contribution in [0.3, 0.4) is 0 Å². The van der Waals surface area contributed by atoms with Crippen LogP contribution in [0.5, 0.6) is 0 Å². The van der Waals surface area contributed by atoms with E-state index in [0.717, 1.165) is 50.8 Å². The topological polar surface area (TPSA) is 45.4 Å². The van der Waals surface area contributed by atoms with E-state index < -0.39 is 0 Å². The smallest absolute Gasteiger partial charge is 0.344 e. The van der Waals surface area contributed by atoms with Crippen molar-refractivity contribution in [1.82, 2.24) is 19.1 Å². The first-order valence-corrected chi connectivity index (χ1v) is 19.1. The highest BCUT2D eigenvalue weighted by Crippen LogP contribution is 2.60. The van der Waals surface area contributed by atoms with Crippen molar-refractivity contribution in [2.24, 2.45) is 0 Å². The molecule has 0 fully saturated rings. The van der Waals surface area contributed by atoms with Crippen molar-refractivity contribution in [3.63, 3.8) is 0 Å². The minimum atomic E-state index is -0.263. The number of hydrogen-bond acceptors (Lipinski definition) is 5. The number of anilines is 6. The maximum atomic E-state index is 5.78. The second-order valence-corrected chi connectivity index (χ2v) is 15.0. The second kappa shape index (κ2) is 10.1. The highest BCUT2D eigenvalue weighted by Gasteiger charge is 2.56. The zero-order valence-electron chi connectivity index (χ0n) is 29.9. The number of aromatic nitrogens is 4. The molecule has 7 nitrogen and oxygen atoms in total. The molecule has 3 aliphatic rings.